The van der Waals surface area contributed by atoms with Crippen molar-refractivity contribution in [3.8, 4) is 0 Å². The summed E-state index contributed by atoms with van der Waals surface area (Å²) in [4.78, 5) is 34.9. The molecule has 40 heavy (non-hydrogen) atoms. The van der Waals surface area contributed by atoms with Gasteiger partial charge in [-0.2, -0.15) is 0 Å². The van der Waals surface area contributed by atoms with E-state index in [2.05, 4.69) is 18.2 Å². The molecule has 0 aliphatic heterocycles. The van der Waals surface area contributed by atoms with Gasteiger partial charge in [0.1, 0.15) is 0 Å². The zero-order chi connectivity index (χ0) is 28.5. The maximum Gasteiger partial charge on any atom is 0.337 e. The van der Waals surface area contributed by atoms with E-state index in [1.54, 1.807) is 26.0 Å². The molecule has 4 heteroatoms. The molecule has 0 radical (unpaired) electrons. The second-order valence-electron chi connectivity index (χ2n) is 9.40. The Bertz CT molecular complexity index is 1520. The standard InChI is InChI=1S/C36H30O4/c1-25(37)33-16-10-27(11-17-33)4-7-30-22-31(8-5-28-12-18-34(19-13-28)26(2)38)24-32(23-30)9-6-29-14-20-35(21-15-29)36(39)40-3/h4-24H,1-3H3/b7-4+,8-5+,9-6+. The first-order valence-corrected chi connectivity index (χ1v) is 12.9. The summed E-state index contributed by atoms with van der Waals surface area (Å²) >= 11 is 0. The highest BCUT2D eigenvalue weighted by molar-refractivity contribution is 5.95. The van der Waals surface area contributed by atoms with Crippen LogP contribution in [0.15, 0.2) is 91.0 Å². The summed E-state index contributed by atoms with van der Waals surface area (Å²) in [5, 5.41) is 0. The third-order valence-corrected chi connectivity index (χ3v) is 6.37. The summed E-state index contributed by atoms with van der Waals surface area (Å²) in [5.74, 6) is -0.275. The molecule has 0 bridgehead atoms. The Morgan fingerprint density at radius 1 is 0.450 bits per heavy atom. The maximum atomic E-state index is 11.7. The molecule has 198 valence electrons. The minimum absolute atomic E-state index is 0.0438. The Morgan fingerprint density at radius 3 is 1.00 bits per heavy atom. The normalized spacial score (nSPS) is 11.4. The van der Waals surface area contributed by atoms with Gasteiger partial charge in [0.15, 0.2) is 11.6 Å². The first kappa shape index (κ1) is 27.9. The van der Waals surface area contributed by atoms with Gasteiger partial charge in [0, 0.05) is 11.1 Å². The summed E-state index contributed by atoms with van der Waals surface area (Å²) in [6.07, 6.45) is 12.2. The van der Waals surface area contributed by atoms with Gasteiger partial charge in [0.25, 0.3) is 0 Å². The first-order valence-electron chi connectivity index (χ1n) is 12.9. The number of ether oxygens (including phenoxy) is 1. The number of methoxy groups -OCH3 is 1. The van der Waals surface area contributed by atoms with Crippen LogP contribution in [0.1, 0.15) is 78.3 Å². The van der Waals surface area contributed by atoms with Crippen molar-refractivity contribution in [3.05, 3.63) is 141 Å². The summed E-state index contributed by atoms with van der Waals surface area (Å²) in [5.41, 5.74) is 7.89. The predicted octanol–water partition coefficient (Wildman–Crippen LogP) is 8.39. The van der Waals surface area contributed by atoms with Crippen LogP contribution in [-0.2, 0) is 4.74 Å². The number of ketones is 2. The molecule has 0 spiro atoms. The molecule has 0 saturated heterocycles. The van der Waals surface area contributed by atoms with Crippen LogP contribution in [0.4, 0.5) is 0 Å². The molecule has 0 unspecified atom stereocenters. The fourth-order valence-corrected chi connectivity index (χ4v) is 4.07. The number of rotatable bonds is 9. The molecule has 4 rings (SSSR count). The minimum atomic E-state index is -0.363. The second-order valence-corrected chi connectivity index (χ2v) is 9.40. The average Bonchev–Trinajstić information content (AvgIpc) is 2.98. The lowest BCUT2D eigenvalue weighted by Gasteiger charge is -2.04. The smallest absolute Gasteiger partial charge is 0.337 e. The molecule has 0 aliphatic rings. The van der Waals surface area contributed by atoms with E-state index in [0.29, 0.717) is 16.7 Å². The van der Waals surface area contributed by atoms with Gasteiger partial charge in [0.05, 0.1) is 12.7 Å². The van der Waals surface area contributed by atoms with E-state index in [4.69, 9.17) is 4.74 Å². The van der Waals surface area contributed by atoms with Gasteiger partial charge in [-0.1, -0.05) is 97.1 Å². The second kappa shape index (κ2) is 13.1. The van der Waals surface area contributed by atoms with Crippen molar-refractivity contribution in [2.75, 3.05) is 7.11 Å². The summed E-state index contributed by atoms with van der Waals surface area (Å²) in [6.45, 7) is 3.12. The lowest BCUT2D eigenvalue weighted by molar-refractivity contribution is 0.0600. The van der Waals surface area contributed by atoms with Crippen molar-refractivity contribution in [2.45, 2.75) is 13.8 Å². The Labute approximate surface area is 235 Å². The van der Waals surface area contributed by atoms with E-state index in [9.17, 15) is 14.4 Å². The summed E-state index contributed by atoms with van der Waals surface area (Å²) < 4.78 is 4.77. The topological polar surface area (TPSA) is 60.4 Å². The van der Waals surface area contributed by atoms with E-state index in [-0.39, 0.29) is 17.5 Å². The predicted molar refractivity (Wildman–Crippen MR) is 164 cm³/mol. The molecular weight excluding hydrogens is 496 g/mol. The molecule has 0 amide bonds. The van der Waals surface area contributed by atoms with E-state index in [0.717, 1.165) is 33.4 Å². The number of carbonyl (C=O) groups is 3. The summed E-state index contributed by atoms with van der Waals surface area (Å²) in [7, 11) is 1.37. The largest absolute Gasteiger partial charge is 0.465 e. The van der Waals surface area contributed by atoms with Crippen molar-refractivity contribution in [3.63, 3.8) is 0 Å². The van der Waals surface area contributed by atoms with Crippen molar-refractivity contribution < 1.29 is 19.1 Å². The highest BCUT2D eigenvalue weighted by Gasteiger charge is 2.04. The van der Waals surface area contributed by atoms with Crippen molar-refractivity contribution in [1.29, 1.82) is 0 Å². The number of benzene rings is 4. The van der Waals surface area contributed by atoms with Crippen LogP contribution >= 0.6 is 0 Å². The Hall–Kier alpha value is -5.09. The molecular formula is C36H30O4. The zero-order valence-electron chi connectivity index (χ0n) is 22.8. The molecule has 4 nitrogen and oxygen atoms in total. The van der Waals surface area contributed by atoms with Crippen LogP contribution in [0.5, 0.6) is 0 Å². The monoisotopic (exact) mass is 526 g/mol. The molecule has 0 fully saturated rings. The SMILES string of the molecule is COC(=O)c1ccc(/C=C/c2cc(/C=C/c3ccc(C(C)=O)cc3)cc(/C=C/c3ccc(C(C)=O)cc3)c2)cc1. The van der Waals surface area contributed by atoms with Gasteiger partial charge in [-0.05, 0) is 77.6 Å². The molecule has 0 saturated carbocycles. The van der Waals surface area contributed by atoms with Crippen LogP contribution in [0.3, 0.4) is 0 Å². The molecule has 4 aromatic rings. The first-order chi connectivity index (χ1) is 19.3. The Kier molecular flexibility index (Phi) is 9.16. The molecule has 0 atom stereocenters. The number of Topliss-reactive ketones (excluding diaryl/α,β-unsaturated/α-hetero) is 2. The van der Waals surface area contributed by atoms with Crippen LogP contribution in [0, 0.1) is 0 Å². The molecule has 0 N–H and O–H groups in total. The average molecular weight is 527 g/mol. The van der Waals surface area contributed by atoms with Crippen molar-refractivity contribution in [1.82, 2.24) is 0 Å². The minimum Gasteiger partial charge on any atom is -0.465 e. The maximum absolute atomic E-state index is 11.7. The van der Waals surface area contributed by atoms with E-state index in [1.165, 1.54) is 7.11 Å². The molecule has 0 aliphatic carbocycles. The van der Waals surface area contributed by atoms with Gasteiger partial charge in [0.2, 0.25) is 0 Å². The number of esters is 1. The number of hydrogen-bond acceptors (Lipinski definition) is 4. The Morgan fingerprint density at radius 2 is 0.725 bits per heavy atom. The summed E-state index contributed by atoms with van der Waals surface area (Å²) in [6, 6.07) is 28.6. The Balaban J connectivity index is 1.62. The lowest BCUT2D eigenvalue weighted by Crippen LogP contribution is -2.00. The fourth-order valence-electron chi connectivity index (χ4n) is 4.07. The third-order valence-electron chi connectivity index (χ3n) is 6.37. The number of hydrogen-bond donors (Lipinski definition) is 0. The molecule has 4 aromatic carbocycles. The zero-order valence-corrected chi connectivity index (χ0v) is 22.8. The van der Waals surface area contributed by atoms with Gasteiger partial charge in [-0.25, -0.2) is 4.79 Å². The van der Waals surface area contributed by atoms with Crippen LogP contribution in [0.25, 0.3) is 36.5 Å². The number of carbonyl (C=O) groups excluding carboxylic acids is 3. The van der Waals surface area contributed by atoms with E-state index in [1.807, 2.05) is 97.1 Å². The highest BCUT2D eigenvalue weighted by atomic mass is 16.5. The quantitative estimate of drug-likeness (QED) is 0.125. The van der Waals surface area contributed by atoms with Crippen molar-refractivity contribution in [2.24, 2.45) is 0 Å². The fraction of sp³-hybridized carbons (Fsp3) is 0.0833. The van der Waals surface area contributed by atoms with E-state index < -0.39 is 0 Å². The highest BCUT2D eigenvalue weighted by Crippen LogP contribution is 2.20. The molecule has 0 aromatic heterocycles. The van der Waals surface area contributed by atoms with Crippen LogP contribution in [-0.4, -0.2) is 24.6 Å². The van der Waals surface area contributed by atoms with Crippen LogP contribution < -0.4 is 0 Å². The van der Waals surface area contributed by atoms with Gasteiger partial charge in [-0.3, -0.25) is 9.59 Å². The molecule has 0 heterocycles. The van der Waals surface area contributed by atoms with Crippen LogP contribution in [0.2, 0.25) is 0 Å². The van der Waals surface area contributed by atoms with Gasteiger partial charge in [-0.15, -0.1) is 0 Å². The third kappa shape index (κ3) is 7.71. The van der Waals surface area contributed by atoms with E-state index >= 15 is 0 Å². The van der Waals surface area contributed by atoms with Crippen molar-refractivity contribution >= 4 is 54.0 Å². The van der Waals surface area contributed by atoms with Gasteiger partial charge >= 0.3 is 5.97 Å². The van der Waals surface area contributed by atoms with Gasteiger partial charge < -0.3 is 4.74 Å². The lowest BCUT2D eigenvalue weighted by atomic mass is 10.0.